The second kappa shape index (κ2) is 9.44. The molecule has 2 aliphatic rings. The van der Waals surface area contributed by atoms with Crippen LogP contribution in [0.2, 0.25) is 0 Å². The fourth-order valence-electron chi connectivity index (χ4n) is 4.40. The zero-order valence-electron chi connectivity index (χ0n) is 17.8. The first kappa shape index (κ1) is 21.9. The minimum absolute atomic E-state index is 0.0743. The second-order valence-corrected chi connectivity index (χ2v) is 8.64. The molecule has 31 heavy (non-hydrogen) atoms. The maximum Gasteiger partial charge on any atom is 0.332 e. The van der Waals surface area contributed by atoms with Gasteiger partial charge >= 0.3 is 5.69 Å². The minimum atomic E-state index is -0.405. The van der Waals surface area contributed by atoms with Crippen LogP contribution in [0.3, 0.4) is 0 Å². The molecule has 8 nitrogen and oxygen atoms in total. The van der Waals surface area contributed by atoms with E-state index in [-0.39, 0.29) is 30.7 Å². The second-order valence-electron chi connectivity index (χ2n) is 8.21. The van der Waals surface area contributed by atoms with E-state index in [1.165, 1.54) is 9.13 Å². The van der Waals surface area contributed by atoms with E-state index in [4.69, 9.17) is 16.3 Å². The lowest BCUT2D eigenvalue weighted by molar-refractivity contribution is 0.183. The summed E-state index contributed by atoms with van der Waals surface area (Å²) in [5, 5.41) is 9.93. The fraction of sp³-hybridized carbons (Fsp3) is 0.591. The summed E-state index contributed by atoms with van der Waals surface area (Å²) in [7, 11) is 0. The highest BCUT2D eigenvalue weighted by Crippen LogP contribution is 2.28. The zero-order valence-corrected chi connectivity index (χ0v) is 18.6. The summed E-state index contributed by atoms with van der Waals surface area (Å²) >= 11 is 6.07. The summed E-state index contributed by atoms with van der Waals surface area (Å²) in [5.41, 5.74) is -0.0568. The number of fused-ring (bicyclic) bond motifs is 1. The van der Waals surface area contributed by atoms with Gasteiger partial charge in [-0.15, -0.1) is 0 Å². The third kappa shape index (κ3) is 4.36. The molecule has 0 saturated heterocycles. The zero-order chi connectivity index (χ0) is 22.0. The topological polar surface area (TPSA) is 91.3 Å². The molecule has 1 atom stereocenters. The van der Waals surface area contributed by atoms with Gasteiger partial charge in [0.2, 0.25) is 0 Å². The van der Waals surface area contributed by atoms with E-state index < -0.39 is 5.69 Å². The number of aromatic nitrogens is 4. The highest BCUT2D eigenvalue weighted by Gasteiger charge is 2.26. The Morgan fingerprint density at radius 2 is 2.00 bits per heavy atom. The Balaban J connectivity index is 1.86. The van der Waals surface area contributed by atoms with E-state index >= 15 is 0 Å². The molecule has 0 radical (unpaired) electrons. The summed E-state index contributed by atoms with van der Waals surface area (Å²) in [6.45, 7) is 2.82. The molecule has 2 aliphatic carbocycles. The van der Waals surface area contributed by atoms with Crippen molar-refractivity contribution in [2.24, 2.45) is 5.92 Å². The Morgan fingerprint density at radius 1 is 1.23 bits per heavy atom. The van der Waals surface area contributed by atoms with Crippen LogP contribution in [0.5, 0.6) is 6.01 Å². The molecular weight excluding hydrogens is 420 g/mol. The van der Waals surface area contributed by atoms with Gasteiger partial charge in [0, 0.05) is 31.3 Å². The molecule has 0 spiro atoms. The van der Waals surface area contributed by atoms with E-state index in [1.807, 2.05) is 29.7 Å². The molecule has 0 aliphatic heterocycles. The SMILES string of the molecule is CCn1c(=O)n(CCCO)c(=O)c2c1nc(OC1CCCC1)n2CC1C=CC(Cl)=CC1. The number of aliphatic hydroxyl groups excluding tert-OH is 1. The van der Waals surface area contributed by atoms with Crippen LogP contribution in [0.25, 0.3) is 11.2 Å². The number of ether oxygens (including phenoxy) is 1. The molecule has 2 aromatic heterocycles. The first-order chi connectivity index (χ1) is 15.0. The van der Waals surface area contributed by atoms with Crippen LogP contribution in [0.4, 0.5) is 0 Å². The molecule has 2 heterocycles. The van der Waals surface area contributed by atoms with Gasteiger partial charge in [-0.2, -0.15) is 4.98 Å². The molecule has 1 N–H and O–H groups in total. The van der Waals surface area contributed by atoms with E-state index in [9.17, 15) is 14.7 Å². The van der Waals surface area contributed by atoms with E-state index in [2.05, 4.69) is 4.98 Å². The van der Waals surface area contributed by atoms with Gasteiger partial charge in [0.1, 0.15) is 6.10 Å². The van der Waals surface area contributed by atoms with Gasteiger partial charge in [0.15, 0.2) is 11.2 Å². The van der Waals surface area contributed by atoms with Gasteiger partial charge in [0.05, 0.1) is 0 Å². The normalized spacial score (nSPS) is 19.3. The van der Waals surface area contributed by atoms with Gasteiger partial charge in [0.25, 0.3) is 11.6 Å². The van der Waals surface area contributed by atoms with Crippen LogP contribution < -0.4 is 16.0 Å². The van der Waals surface area contributed by atoms with E-state index in [0.717, 1.165) is 32.1 Å². The van der Waals surface area contributed by atoms with Gasteiger partial charge in [-0.25, -0.2) is 4.79 Å². The van der Waals surface area contributed by atoms with Crippen LogP contribution in [-0.2, 0) is 19.6 Å². The highest BCUT2D eigenvalue weighted by atomic mass is 35.5. The third-order valence-corrected chi connectivity index (χ3v) is 6.35. The van der Waals surface area contributed by atoms with Crippen molar-refractivity contribution in [2.75, 3.05) is 6.61 Å². The molecule has 4 rings (SSSR count). The summed E-state index contributed by atoms with van der Waals surface area (Å²) in [5.74, 6) is 0.137. The summed E-state index contributed by atoms with van der Waals surface area (Å²) in [4.78, 5) is 31.0. The number of imidazole rings is 1. The maximum absolute atomic E-state index is 13.4. The summed E-state index contributed by atoms with van der Waals surface area (Å²) < 4.78 is 10.8. The van der Waals surface area contributed by atoms with Gasteiger partial charge in [-0.1, -0.05) is 23.8 Å². The Bertz CT molecular complexity index is 1120. The summed E-state index contributed by atoms with van der Waals surface area (Å²) in [6, 6.07) is 0.398. The standard InChI is InChI=1S/C22H29ClN4O4/c1-2-25-19-18(20(29)26(22(25)30)12-5-13-28)27(14-15-8-10-16(23)11-9-15)21(24-19)31-17-6-3-4-7-17/h8,10-11,15,17,28H,2-7,9,12-14H2,1H3. The molecule has 0 bridgehead atoms. The molecule has 2 aromatic rings. The molecular formula is C22H29ClN4O4. The Hall–Kier alpha value is -2.32. The largest absolute Gasteiger partial charge is 0.461 e. The smallest absolute Gasteiger partial charge is 0.332 e. The lowest BCUT2D eigenvalue weighted by Gasteiger charge is -2.19. The third-order valence-electron chi connectivity index (χ3n) is 6.07. The maximum atomic E-state index is 13.4. The first-order valence-corrected chi connectivity index (χ1v) is 11.5. The van der Waals surface area contributed by atoms with Gasteiger partial charge < -0.3 is 9.84 Å². The molecule has 0 amide bonds. The predicted molar refractivity (Wildman–Crippen MR) is 120 cm³/mol. The number of rotatable bonds is 8. The lowest BCUT2D eigenvalue weighted by atomic mass is 10.0. The molecule has 1 unspecified atom stereocenters. The Kier molecular flexibility index (Phi) is 6.67. The molecule has 1 fully saturated rings. The van der Waals surface area contributed by atoms with Crippen molar-refractivity contribution < 1.29 is 9.84 Å². The van der Waals surface area contributed by atoms with Crippen LogP contribution in [0.1, 0.15) is 45.4 Å². The van der Waals surface area contributed by atoms with Crippen molar-refractivity contribution >= 4 is 22.8 Å². The monoisotopic (exact) mass is 448 g/mol. The average molecular weight is 449 g/mol. The highest BCUT2D eigenvalue weighted by molar-refractivity contribution is 6.31. The van der Waals surface area contributed by atoms with Gasteiger partial charge in [-0.3, -0.25) is 18.5 Å². The Labute approximate surface area is 185 Å². The van der Waals surface area contributed by atoms with E-state index in [0.29, 0.717) is 41.7 Å². The number of halogens is 1. The van der Waals surface area contributed by atoms with Crippen molar-refractivity contribution in [1.82, 2.24) is 18.7 Å². The van der Waals surface area contributed by atoms with Crippen molar-refractivity contribution in [2.45, 2.75) is 71.2 Å². The lowest BCUT2D eigenvalue weighted by Crippen LogP contribution is -2.40. The van der Waals surface area contributed by atoms with Gasteiger partial charge in [-0.05, 0) is 57.4 Å². The Morgan fingerprint density at radius 3 is 2.65 bits per heavy atom. The number of aryl methyl sites for hydroxylation is 1. The fourth-order valence-corrected chi connectivity index (χ4v) is 4.57. The number of aliphatic hydroxyl groups is 1. The van der Waals surface area contributed by atoms with E-state index in [1.54, 1.807) is 0 Å². The van der Waals surface area contributed by atoms with Crippen LogP contribution in [0.15, 0.2) is 32.8 Å². The van der Waals surface area contributed by atoms with Crippen molar-refractivity contribution in [3.05, 3.63) is 44.1 Å². The minimum Gasteiger partial charge on any atom is -0.461 e. The first-order valence-electron chi connectivity index (χ1n) is 11.1. The number of allylic oxidation sites excluding steroid dienone is 4. The average Bonchev–Trinajstić information content (AvgIpc) is 3.39. The number of hydrogen-bond acceptors (Lipinski definition) is 5. The quantitative estimate of drug-likeness (QED) is 0.670. The molecule has 168 valence electrons. The van der Waals surface area contributed by atoms with Crippen LogP contribution >= 0.6 is 11.6 Å². The van der Waals surface area contributed by atoms with Crippen molar-refractivity contribution in [3.8, 4) is 6.01 Å². The van der Waals surface area contributed by atoms with Crippen molar-refractivity contribution in [3.63, 3.8) is 0 Å². The van der Waals surface area contributed by atoms with Crippen molar-refractivity contribution in [1.29, 1.82) is 0 Å². The van der Waals surface area contributed by atoms with Crippen LogP contribution in [0, 0.1) is 5.92 Å². The number of nitrogens with zero attached hydrogens (tertiary/aromatic N) is 4. The molecule has 1 saturated carbocycles. The van der Waals surface area contributed by atoms with Crippen LogP contribution in [-0.4, -0.2) is 36.5 Å². The molecule has 9 heteroatoms. The summed E-state index contributed by atoms with van der Waals surface area (Å²) in [6.07, 6.45) is 11.2. The molecule has 0 aromatic carbocycles. The number of hydrogen-bond donors (Lipinski definition) is 1. The predicted octanol–water partition coefficient (Wildman–Crippen LogP) is 2.78.